The summed E-state index contributed by atoms with van der Waals surface area (Å²) in [5.41, 5.74) is 1.82. The van der Waals surface area contributed by atoms with Crippen LogP contribution < -0.4 is 5.32 Å². The number of halogens is 1. The molecule has 2 rings (SSSR count). The quantitative estimate of drug-likeness (QED) is 0.921. The maximum absolute atomic E-state index is 12.0. The minimum atomic E-state index is -0.347. The van der Waals surface area contributed by atoms with Gasteiger partial charge in [0.05, 0.1) is 6.54 Å². The normalized spacial score (nSPS) is 10.2. The number of nitrogens with zero attached hydrogens (tertiary/aromatic N) is 1. The molecule has 1 heterocycles. The van der Waals surface area contributed by atoms with Crippen molar-refractivity contribution in [3.8, 4) is 0 Å². The number of benzene rings is 1. The van der Waals surface area contributed by atoms with E-state index in [1.54, 1.807) is 19.2 Å². The highest BCUT2D eigenvalue weighted by molar-refractivity contribution is 9.10. The lowest BCUT2D eigenvalue weighted by Crippen LogP contribution is -2.34. The van der Waals surface area contributed by atoms with Crippen molar-refractivity contribution >= 4 is 33.4 Å². The fourth-order valence-corrected chi connectivity index (χ4v) is 2.05. The summed E-state index contributed by atoms with van der Waals surface area (Å²) in [6.07, 6.45) is 0. The van der Waals surface area contributed by atoms with Crippen molar-refractivity contribution in [2.75, 3.05) is 18.9 Å². The zero-order valence-corrected chi connectivity index (χ0v) is 13.3. The molecule has 0 fully saturated rings. The predicted molar refractivity (Wildman–Crippen MR) is 83.2 cm³/mol. The minimum absolute atomic E-state index is 0.0506. The van der Waals surface area contributed by atoms with Gasteiger partial charge in [0.2, 0.25) is 5.91 Å². The summed E-state index contributed by atoms with van der Waals surface area (Å²) in [4.78, 5) is 25.2. The Morgan fingerprint density at radius 3 is 2.43 bits per heavy atom. The zero-order chi connectivity index (χ0) is 15.4. The monoisotopic (exact) mass is 350 g/mol. The Hall–Kier alpha value is -2.08. The zero-order valence-electron chi connectivity index (χ0n) is 11.7. The van der Waals surface area contributed by atoms with Gasteiger partial charge in [0, 0.05) is 12.7 Å². The van der Waals surface area contributed by atoms with Gasteiger partial charge in [0.15, 0.2) is 10.4 Å². The number of hydrogen-bond donors (Lipinski definition) is 1. The van der Waals surface area contributed by atoms with E-state index in [4.69, 9.17) is 4.42 Å². The molecule has 0 aliphatic heterocycles. The molecule has 1 aromatic carbocycles. The van der Waals surface area contributed by atoms with Gasteiger partial charge in [-0.2, -0.15) is 0 Å². The summed E-state index contributed by atoms with van der Waals surface area (Å²) in [6.45, 7) is 1.92. The maximum atomic E-state index is 12.0. The van der Waals surface area contributed by atoms with Crippen LogP contribution in [0.3, 0.4) is 0 Å². The number of carbonyl (C=O) groups is 2. The third-order valence-electron chi connectivity index (χ3n) is 2.85. The molecule has 0 radical (unpaired) electrons. The molecule has 0 saturated carbocycles. The van der Waals surface area contributed by atoms with E-state index in [-0.39, 0.29) is 24.1 Å². The largest absolute Gasteiger partial charge is 0.444 e. The van der Waals surface area contributed by atoms with E-state index in [0.717, 1.165) is 5.56 Å². The molecule has 0 bridgehead atoms. The number of anilines is 1. The summed E-state index contributed by atoms with van der Waals surface area (Å²) in [6, 6.07) is 10.6. The number of furan rings is 1. The minimum Gasteiger partial charge on any atom is -0.444 e. The Morgan fingerprint density at radius 1 is 1.19 bits per heavy atom. The van der Waals surface area contributed by atoms with Crippen molar-refractivity contribution in [2.45, 2.75) is 6.92 Å². The highest BCUT2D eigenvalue weighted by Gasteiger charge is 2.18. The summed E-state index contributed by atoms with van der Waals surface area (Å²) in [5.74, 6) is -0.424. The van der Waals surface area contributed by atoms with Crippen molar-refractivity contribution in [1.82, 2.24) is 4.90 Å². The van der Waals surface area contributed by atoms with Crippen LogP contribution in [0.1, 0.15) is 16.1 Å². The Labute approximate surface area is 131 Å². The molecule has 2 amide bonds. The number of rotatable bonds is 4. The molecule has 0 aliphatic rings. The number of carbonyl (C=O) groups excluding carboxylic acids is 2. The number of nitrogens with one attached hydrogen (secondary N) is 1. The van der Waals surface area contributed by atoms with E-state index in [1.165, 1.54) is 4.90 Å². The molecule has 0 spiro atoms. The SMILES string of the molecule is Cc1ccc(NC(=O)CN(C)C(=O)c2ccc(Br)o2)cc1. The molecule has 1 aromatic heterocycles. The lowest BCUT2D eigenvalue weighted by Gasteiger charge is -2.15. The standard InChI is InChI=1S/C15H15BrN2O3/c1-10-3-5-11(6-4-10)17-14(19)9-18(2)15(20)12-7-8-13(16)21-12/h3-8H,9H2,1-2H3,(H,17,19). The molecule has 0 aliphatic carbocycles. The lowest BCUT2D eigenvalue weighted by atomic mass is 10.2. The molecule has 6 heteroatoms. The van der Waals surface area contributed by atoms with Crippen molar-refractivity contribution in [2.24, 2.45) is 0 Å². The summed E-state index contributed by atoms with van der Waals surface area (Å²) >= 11 is 3.13. The average molecular weight is 351 g/mol. The molecule has 1 N–H and O–H groups in total. The summed E-state index contributed by atoms with van der Waals surface area (Å²) in [5, 5.41) is 2.74. The van der Waals surface area contributed by atoms with Gasteiger partial charge in [-0.05, 0) is 47.1 Å². The van der Waals surface area contributed by atoms with Gasteiger partial charge in [-0.15, -0.1) is 0 Å². The second kappa shape index (κ2) is 6.58. The third-order valence-corrected chi connectivity index (χ3v) is 3.27. The fourth-order valence-electron chi connectivity index (χ4n) is 1.74. The van der Waals surface area contributed by atoms with Crippen LogP contribution in [-0.2, 0) is 4.79 Å². The first-order valence-corrected chi connectivity index (χ1v) is 7.12. The van der Waals surface area contributed by atoms with Crippen LogP contribution in [-0.4, -0.2) is 30.3 Å². The number of amides is 2. The van der Waals surface area contributed by atoms with Crippen LogP contribution in [0.4, 0.5) is 5.69 Å². The molecule has 0 atom stereocenters. The smallest absolute Gasteiger partial charge is 0.289 e. The highest BCUT2D eigenvalue weighted by atomic mass is 79.9. The van der Waals surface area contributed by atoms with Crippen molar-refractivity contribution in [3.05, 3.63) is 52.4 Å². The van der Waals surface area contributed by atoms with E-state index < -0.39 is 0 Å². The Kier molecular flexibility index (Phi) is 4.80. The molecular weight excluding hydrogens is 336 g/mol. The van der Waals surface area contributed by atoms with Gasteiger partial charge in [0.25, 0.3) is 5.91 Å². The highest BCUT2D eigenvalue weighted by Crippen LogP contribution is 2.15. The van der Waals surface area contributed by atoms with Gasteiger partial charge < -0.3 is 14.6 Å². The first-order chi connectivity index (χ1) is 9.95. The Morgan fingerprint density at radius 2 is 1.86 bits per heavy atom. The van der Waals surface area contributed by atoms with Crippen molar-refractivity contribution in [3.63, 3.8) is 0 Å². The Balaban J connectivity index is 1.92. The third kappa shape index (κ3) is 4.19. The van der Waals surface area contributed by atoms with Gasteiger partial charge in [-0.25, -0.2) is 0 Å². The lowest BCUT2D eigenvalue weighted by molar-refractivity contribution is -0.116. The van der Waals surface area contributed by atoms with E-state index >= 15 is 0 Å². The van der Waals surface area contributed by atoms with Crippen LogP contribution in [0.25, 0.3) is 0 Å². The van der Waals surface area contributed by atoms with Crippen LogP contribution in [0.15, 0.2) is 45.5 Å². The fraction of sp³-hybridized carbons (Fsp3) is 0.200. The van der Waals surface area contributed by atoms with Crippen molar-refractivity contribution in [1.29, 1.82) is 0 Å². The summed E-state index contributed by atoms with van der Waals surface area (Å²) < 4.78 is 5.65. The van der Waals surface area contributed by atoms with Gasteiger partial charge >= 0.3 is 0 Å². The first kappa shape index (κ1) is 15.3. The van der Waals surface area contributed by atoms with Crippen LogP contribution in [0, 0.1) is 6.92 Å². The number of aryl methyl sites for hydroxylation is 1. The van der Waals surface area contributed by atoms with Gasteiger partial charge in [0.1, 0.15) is 0 Å². The molecule has 110 valence electrons. The summed E-state index contributed by atoms with van der Waals surface area (Å²) in [7, 11) is 1.55. The van der Waals surface area contributed by atoms with Crippen LogP contribution in [0.5, 0.6) is 0 Å². The van der Waals surface area contributed by atoms with E-state index in [9.17, 15) is 9.59 Å². The van der Waals surface area contributed by atoms with Gasteiger partial charge in [-0.3, -0.25) is 9.59 Å². The molecule has 5 nitrogen and oxygen atoms in total. The van der Waals surface area contributed by atoms with E-state index in [2.05, 4.69) is 21.2 Å². The van der Waals surface area contributed by atoms with E-state index in [1.807, 2.05) is 31.2 Å². The molecule has 0 unspecified atom stereocenters. The van der Waals surface area contributed by atoms with Crippen LogP contribution >= 0.6 is 15.9 Å². The predicted octanol–water partition coefficient (Wildman–Crippen LogP) is 3.06. The van der Waals surface area contributed by atoms with Crippen LogP contribution in [0.2, 0.25) is 0 Å². The number of likely N-dealkylation sites (N-methyl/N-ethyl adjacent to an activating group) is 1. The van der Waals surface area contributed by atoms with Gasteiger partial charge in [-0.1, -0.05) is 17.7 Å². The molecule has 0 saturated heterocycles. The average Bonchev–Trinajstić information content (AvgIpc) is 2.87. The van der Waals surface area contributed by atoms with Crippen molar-refractivity contribution < 1.29 is 14.0 Å². The second-order valence-corrected chi connectivity index (χ2v) is 5.46. The van der Waals surface area contributed by atoms with E-state index in [0.29, 0.717) is 10.4 Å². The maximum Gasteiger partial charge on any atom is 0.289 e. The topological polar surface area (TPSA) is 62.6 Å². The first-order valence-electron chi connectivity index (χ1n) is 6.33. The Bertz CT molecular complexity index is 649. The number of hydrogen-bond acceptors (Lipinski definition) is 3. The molecule has 2 aromatic rings. The molecule has 21 heavy (non-hydrogen) atoms. The molecular formula is C15H15BrN2O3. The second-order valence-electron chi connectivity index (χ2n) is 4.68.